The molecule has 2 amide bonds. The Kier molecular flexibility index (Phi) is 5.46. The van der Waals surface area contributed by atoms with Gasteiger partial charge >= 0.3 is 0 Å². The summed E-state index contributed by atoms with van der Waals surface area (Å²) in [7, 11) is 7.22. The van der Waals surface area contributed by atoms with Crippen molar-refractivity contribution in [3.8, 4) is 0 Å². The van der Waals surface area contributed by atoms with E-state index >= 15 is 0 Å². The van der Waals surface area contributed by atoms with Gasteiger partial charge in [-0.1, -0.05) is 27.7 Å². The maximum Gasteiger partial charge on any atom is 0.225 e. The molecule has 122 valence electrons. The van der Waals surface area contributed by atoms with E-state index in [-0.39, 0.29) is 29.1 Å². The SMILES string of the molecule is CC(C)C1C[C@H](C(=O)N(C)C)C(C)(C)[C@H](C(=O)N(C)C)C1. The third-order valence-corrected chi connectivity index (χ3v) is 5.29. The minimum atomic E-state index is -0.298. The third-order valence-electron chi connectivity index (χ3n) is 5.29. The quantitative estimate of drug-likeness (QED) is 0.803. The Morgan fingerprint density at radius 2 is 1.24 bits per heavy atom. The maximum atomic E-state index is 12.6. The van der Waals surface area contributed by atoms with E-state index in [1.165, 1.54) is 0 Å². The van der Waals surface area contributed by atoms with Gasteiger partial charge < -0.3 is 9.80 Å². The summed E-state index contributed by atoms with van der Waals surface area (Å²) in [6.45, 7) is 8.55. The van der Waals surface area contributed by atoms with Crippen molar-refractivity contribution in [2.24, 2.45) is 29.1 Å². The van der Waals surface area contributed by atoms with Gasteiger partial charge in [-0.2, -0.15) is 0 Å². The van der Waals surface area contributed by atoms with Crippen molar-refractivity contribution in [3.05, 3.63) is 0 Å². The topological polar surface area (TPSA) is 40.6 Å². The Balaban J connectivity index is 3.18. The molecule has 3 atom stereocenters. The second-order valence-corrected chi connectivity index (χ2v) is 7.87. The molecule has 1 aliphatic rings. The van der Waals surface area contributed by atoms with Crippen LogP contribution < -0.4 is 0 Å². The first-order valence-electron chi connectivity index (χ1n) is 7.92. The van der Waals surface area contributed by atoms with Gasteiger partial charge in [-0.05, 0) is 30.1 Å². The van der Waals surface area contributed by atoms with Gasteiger partial charge in [0.25, 0.3) is 0 Å². The number of hydrogen-bond donors (Lipinski definition) is 0. The molecule has 4 heteroatoms. The van der Waals surface area contributed by atoms with Crippen LogP contribution in [0.1, 0.15) is 40.5 Å². The number of amides is 2. The largest absolute Gasteiger partial charge is 0.349 e. The molecular weight excluding hydrogens is 264 g/mol. The van der Waals surface area contributed by atoms with Crippen LogP contribution in [-0.2, 0) is 9.59 Å². The van der Waals surface area contributed by atoms with Crippen molar-refractivity contribution in [2.45, 2.75) is 40.5 Å². The highest BCUT2D eigenvalue weighted by Gasteiger charge is 2.50. The second kappa shape index (κ2) is 6.37. The fourth-order valence-electron chi connectivity index (χ4n) is 3.56. The molecule has 1 rings (SSSR count). The number of hydrogen-bond acceptors (Lipinski definition) is 2. The van der Waals surface area contributed by atoms with Crippen LogP contribution in [0.3, 0.4) is 0 Å². The zero-order valence-corrected chi connectivity index (χ0v) is 14.9. The molecule has 0 aliphatic heterocycles. The molecule has 0 spiro atoms. The first-order valence-corrected chi connectivity index (χ1v) is 7.92. The average Bonchev–Trinajstić information content (AvgIpc) is 2.35. The van der Waals surface area contributed by atoms with E-state index in [9.17, 15) is 9.59 Å². The lowest BCUT2D eigenvalue weighted by molar-refractivity contribution is -0.151. The van der Waals surface area contributed by atoms with Gasteiger partial charge in [-0.3, -0.25) is 9.59 Å². The minimum absolute atomic E-state index is 0.0810. The van der Waals surface area contributed by atoms with Crippen molar-refractivity contribution >= 4 is 11.8 Å². The summed E-state index contributed by atoms with van der Waals surface area (Å²) in [6, 6.07) is 0. The molecular formula is C17H32N2O2. The van der Waals surface area contributed by atoms with Crippen LogP contribution in [0.15, 0.2) is 0 Å². The van der Waals surface area contributed by atoms with Gasteiger partial charge in [0.15, 0.2) is 0 Å². The fourth-order valence-corrected chi connectivity index (χ4v) is 3.56. The first kappa shape index (κ1) is 18.0. The Labute approximate surface area is 129 Å². The molecule has 0 aromatic carbocycles. The van der Waals surface area contributed by atoms with E-state index in [4.69, 9.17) is 0 Å². The molecule has 0 saturated heterocycles. The van der Waals surface area contributed by atoms with Crippen LogP contribution in [0.2, 0.25) is 0 Å². The molecule has 0 aromatic rings. The lowest BCUT2D eigenvalue weighted by Gasteiger charge is -2.48. The lowest BCUT2D eigenvalue weighted by Crippen LogP contribution is -2.52. The summed E-state index contributed by atoms with van der Waals surface area (Å²) < 4.78 is 0. The lowest BCUT2D eigenvalue weighted by atomic mass is 9.57. The van der Waals surface area contributed by atoms with E-state index in [1.54, 1.807) is 38.0 Å². The standard InChI is InChI=1S/C17H32N2O2/c1-11(2)12-9-13(15(20)18(5)6)17(3,4)14(10-12)16(21)19(7)8/h11-14H,9-10H2,1-8H3/t12?,13-,14+. The first-order chi connectivity index (χ1) is 9.50. The highest BCUT2D eigenvalue weighted by Crippen LogP contribution is 2.50. The molecule has 1 aliphatic carbocycles. The van der Waals surface area contributed by atoms with Gasteiger partial charge in [0.2, 0.25) is 11.8 Å². The highest BCUT2D eigenvalue weighted by molar-refractivity contribution is 5.83. The van der Waals surface area contributed by atoms with E-state index in [0.29, 0.717) is 11.8 Å². The average molecular weight is 296 g/mol. The van der Waals surface area contributed by atoms with E-state index < -0.39 is 0 Å². The number of rotatable bonds is 3. The van der Waals surface area contributed by atoms with Crippen molar-refractivity contribution in [1.82, 2.24) is 9.80 Å². The third kappa shape index (κ3) is 3.58. The van der Waals surface area contributed by atoms with Gasteiger partial charge in [-0.15, -0.1) is 0 Å². The smallest absolute Gasteiger partial charge is 0.225 e. The summed E-state index contributed by atoms with van der Waals surface area (Å²) in [6.07, 6.45) is 1.78. The normalized spacial score (nSPS) is 28.3. The van der Waals surface area contributed by atoms with Crippen LogP contribution in [0.25, 0.3) is 0 Å². The molecule has 1 unspecified atom stereocenters. The minimum Gasteiger partial charge on any atom is -0.349 e. The molecule has 1 fully saturated rings. The molecule has 0 aromatic heterocycles. The van der Waals surface area contributed by atoms with Crippen LogP contribution >= 0.6 is 0 Å². The molecule has 1 saturated carbocycles. The molecule has 4 nitrogen and oxygen atoms in total. The van der Waals surface area contributed by atoms with Crippen molar-refractivity contribution in [3.63, 3.8) is 0 Å². The Morgan fingerprint density at radius 3 is 1.48 bits per heavy atom. The predicted molar refractivity (Wildman–Crippen MR) is 85.7 cm³/mol. The molecule has 0 heterocycles. The van der Waals surface area contributed by atoms with E-state index in [2.05, 4.69) is 27.7 Å². The summed E-state index contributed by atoms with van der Waals surface area (Å²) in [5.41, 5.74) is -0.298. The summed E-state index contributed by atoms with van der Waals surface area (Å²) in [4.78, 5) is 28.6. The van der Waals surface area contributed by atoms with Crippen LogP contribution in [0.5, 0.6) is 0 Å². The number of carbonyl (C=O) groups is 2. The molecule has 21 heavy (non-hydrogen) atoms. The van der Waals surface area contributed by atoms with Gasteiger partial charge in [0, 0.05) is 40.0 Å². The second-order valence-electron chi connectivity index (χ2n) is 7.87. The molecule has 0 N–H and O–H groups in total. The van der Waals surface area contributed by atoms with Crippen molar-refractivity contribution in [1.29, 1.82) is 0 Å². The zero-order chi connectivity index (χ0) is 16.5. The predicted octanol–water partition coefficient (Wildman–Crippen LogP) is 2.49. The Bertz CT molecular complexity index is 368. The van der Waals surface area contributed by atoms with Crippen molar-refractivity contribution < 1.29 is 9.59 Å². The summed E-state index contributed by atoms with van der Waals surface area (Å²) in [5, 5.41) is 0. The van der Waals surface area contributed by atoms with Crippen LogP contribution in [0.4, 0.5) is 0 Å². The van der Waals surface area contributed by atoms with Crippen LogP contribution in [-0.4, -0.2) is 49.8 Å². The summed E-state index contributed by atoms with van der Waals surface area (Å²) in [5.74, 6) is 1.07. The van der Waals surface area contributed by atoms with E-state index in [1.807, 2.05) is 0 Å². The zero-order valence-electron chi connectivity index (χ0n) is 14.9. The Morgan fingerprint density at radius 1 is 0.905 bits per heavy atom. The van der Waals surface area contributed by atoms with Crippen LogP contribution in [0, 0.1) is 29.1 Å². The monoisotopic (exact) mass is 296 g/mol. The Hall–Kier alpha value is -1.06. The number of nitrogens with zero attached hydrogens (tertiary/aromatic N) is 2. The molecule has 0 bridgehead atoms. The highest BCUT2D eigenvalue weighted by atomic mass is 16.2. The maximum absolute atomic E-state index is 12.6. The van der Waals surface area contributed by atoms with Gasteiger partial charge in [0.05, 0.1) is 0 Å². The van der Waals surface area contributed by atoms with E-state index in [0.717, 1.165) is 12.8 Å². The van der Waals surface area contributed by atoms with Gasteiger partial charge in [0.1, 0.15) is 0 Å². The van der Waals surface area contributed by atoms with Gasteiger partial charge in [-0.25, -0.2) is 0 Å². The van der Waals surface area contributed by atoms with Crippen molar-refractivity contribution in [2.75, 3.05) is 28.2 Å². The molecule has 0 radical (unpaired) electrons. The number of carbonyl (C=O) groups excluding carboxylic acids is 2. The summed E-state index contributed by atoms with van der Waals surface area (Å²) >= 11 is 0. The fraction of sp³-hybridized carbons (Fsp3) is 0.882.